The van der Waals surface area contributed by atoms with Crippen LogP contribution in [0.15, 0.2) is 17.8 Å². The highest BCUT2D eigenvalue weighted by Crippen LogP contribution is 2.25. The molecule has 1 saturated heterocycles. The Labute approximate surface area is 80.0 Å². The number of rotatable bonds is 1. The van der Waals surface area contributed by atoms with Crippen LogP contribution in [-0.4, -0.2) is 22.6 Å². The predicted octanol–water partition coefficient (Wildman–Crippen LogP) is 1.90. The topological polar surface area (TPSA) is 26.5 Å². The van der Waals surface area contributed by atoms with Crippen molar-refractivity contribution in [1.29, 1.82) is 0 Å². The van der Waals surface area contributed by atoms with Gasteiger partial charge in [-0.05, 0) is 6.42 Å². The Bertz CT molecular complexity index is 385. The van der Waals surface area contributed by atoms with E-state index in [9.17, 15) is 0 Å². The van der Waals surface area contributed by atoms with E-state index in [-0.39, 0.29) is 0 Å². The highest BCUT2D eigenvalue weighted by Gasteiger charge is 2.20. The van der Waals surface area contributed by atoms with Crippen molar-refractivity contribution in [2.75, 3.05) is 13.2 Å². The molecular formula is C9H10N2OS. The smallest absolute Gasteiger partial charge is 0.193 e. The molecule has 3 heterocycles. The molecule has 4 heteroatoms. The minimum absolute atomic E-state index is 0.520. The van der Waals surface area contributed by atoms with E-state index in [4.69, 9.17) is 4.74 Å². The molecule has 1 aliphatic heterocycles. The number of aromatic nitrogens is 2. The van der Waals surface area contributed by atoms with Crippen molar-refractivity contribution in [2.24, 2.45) is 0 Å². The van der Waals surface area contributed by atoms with Crippen LogP contribution in [0.5, 0.6) is 0 Å². The lowest BCUT2D eigenvalue weighted by Gasteiger charge is -2.00. The number of imidazole rings is 1. The Balaban J connectivity index is 2.02. The van der Waals surface area contributed by atoms with Gasteiger partial charge in [0.2, 0.25) is 0 Å². The zero-order chi connectivity index (χ0) is 8.67. The molecule has 1 atom stereocenters. The van der Waals surface area contributed by atoms with E-state index < -0.39 is 0 Å². The van der Waals surface area contributed by atoms with E-state index in [1.165, 1.54) is 5.69 Å². The third-order valence-electron chi connectivity index (χ3n) is 2.46. The van der Waals surface area contributed by atoms with Crippen LogP contribution in [0, 0.1) is 0 Å². The average Bonchev–Trinajstić information content (AvgIpc) is 2.78. The maximum Gasteiger partial charge on any atom is 0.193 e. The van der Waals surface area contributed by atoms with Crippen LogP contribution in [0.4, 0.5) is 0 Å². The van der Waals surface area contributed by atoms with Gasteiger partial charge in [-0.15, -0.1) is 11.3 Å². The Hall–Kier alpha value is -0.870. The number of hydrogen-bond acceptors (Lipinski definition) is 3. The van der Waals surface area contributed by atoms with E-state index in [2.05, 4.69) is 21.0 Å². The molecule has 2 aromatic rings. The summed E-state index contributed by atoms with van der Waals surface area (Å²) in [7, 11) is 0. The average molecular weight is 194 g/mol. The molecule has 0 aliphatic carbocycles. The third-order valence-corrected chi connectivity index (χ3v) is 3.23. The summed E-state index contributed by atoms with van der Waals surface area (Å²) in [4.78, 5) is 5.64. The van der Waals surface area contributed by atoms with Gasteiger partial charge in [0, 0.05) is 30.3 Å². The second kappa shape index (κ2) is 2.82. The van der Waals surface area contributed by atoms with Gasteiger partial charge in [-0.2, -0.15) is 0 Å². The summed E-state index contributed by atoms with van der Waals surface area (Å²) in [6, 6.07) is 0. The number of thiazole rings is 1. The molecule has 13 heavy (non-hydrogen) atoms. The van der Waals surface area contributed by atoms with Crippen molar-refractivity contribution < 1.29 is 4.74 Å². The fourth-order valence-electron chi connectivity index (χ4n) is 1.71. The van der Waals surface area contributed by atoms with Crippen molar-refractivity contribution in [3.63, 3.8) is 0 Å². The van der Waals surface area contributed by atoms with Gasteiger partial charge < -0.3 is 4.74 Å². The lowest BCUT2D eigenvalue weighted by molar-refractivity contribution is 0.193. The first-order valence-corrected chi connectivity index (χ1v) is 5.31. The summed E-state index contributed by atoms with van der Waals surface area (Å²) in [6.45, 7) is 1.72. The van der Waals surface area contributed by atoms with Gasteiger partial charge in [-0.1, -0.05) is 0 Å². The molecular weight excluding hydrogens is 184 g/mol. The molecule has 0 saturated carbocycles. The third kappa shape index (κ3) is 1.17. The maximum absolute atomic E-state index is 5.34. The summed E-state index contributed by atoms with van der Waals surface area (Å²) >= 11 is 1.68. The molecule has 3 rings (SSSR count). The Morgan fingerprint density at radius 3 is 3.38 bits per heavy atom. The summed E-state index contributed by atoms with van der Waals surface area (Å²) in [5.41, 5.74) is 1.18. The quantitative estimate of drug-likeness (QED) is 0.693. The number of nitrogens with zero attached hydrogens (tertiary/aromatic N) is 2. The molecule has 0 radical (unpaired) electrons. The van der Waals surface area contributed by atoms with Crippen LogP contribution in [0.3, 0.4) is 0 Å². The molecule has 1 fully saturated rings. The van der Waals surface area contributed by atoms with Crippen molar-refractivity contribution in [1.82, 2.24) is 9.38 Å². The van der Waals surface area contributed by atoms with Gasteiger partial charge in [-0.25, -0.2) is 4.98 Å². The lowest BCUT2D eigenvalue weighted by Crippen LogP contribution is -1.96. The minimum atomic E-state index is 0.520. The Morgan fingerprint density at radius 1 is 1.62 bits per heavy atom. The first-order chi connectivity index (χ1) is 6.43. The van der Waals surface area contributed by atoms with Gasteiger partial charge >= 0.3 is 0 Å². The molecule has 0 amide bonds. The lowest BCUT2D eigenvalue weighted by atomic mass is 10.1. The number of ether oxygens (including phenoxy) is 1. The standard InChI is InChI=1S/C9H10N2OS/c1-3-12-6-7(1)8-5-11-2-4-13-9(11)10-8/h2,4-5,7H,1,3,6H2. The highest BCUT2D eigenvalue weighted by atomic mass is 32.1. The van der Waals surface area contributed by atoms with Crippen molar-refractivity contribution in [3.05, 3.63) is 23.5 Å². The zero-order valence-electron chi connectivity index (χ0n) is 7.14. The molecule has 1 unspecified atom stereocenters. The van der Waals surface area contributed by atoms with Crippen LogP contribution in [0.2, 0.25) is 0 Å². The van der Waals surface area contributed by atoms with Gasteiger partial charge in [0.15, 0.2) is 4.96 Å². The molecule has 3 nitrogen and oxygen atoms in total. The Kier molecular flexibility index (Phi) is 1.63. The largest absolute Gasteiger partial charge is 0.381 e. The summed E-state index contributed by atoms with van der Waals surface area (Å²) in [6.07, 6.45) is 5.28. The van der Waals surface area contributed by atoms with Crippen molar-refractivity contribution in [2.45, 2.75) is 12.3 Å². The first-order valence-electron chi connectivity index (χ1n) is 4.43. The van der Waals surface area contributed by atoms with Crippen LogP contribution in [-0.2, 0) is 4.74 Å². The second-order valence-corrected chi connectivity index (χ2v) is 4.19. The van der Waals surface area contributed by atoms with E-state index in [1.54, 1.807) is 11.3 Å². The summed E-state index contributed by atoms with van der Waals surface area (Å²) in [5.74, 6) is 0.520. The summed E-state index contributed by atoms with van der Waals surface area (Å²) in [5, 5.41) is 2.05. The van der Waals surface area contributed by atoms with E-state index in [1.807, 2.05) is 6.20 Å². The van der Waals surface area contributed by atoms with Crippen LogP contribution in [0.1, 0.15) is 18.0 Å². The van der Waals surface area contributed by atoms with Gasteiger partial charge in [0.1, 0.15) is 0 Å². The molecule has 0 N–H and O–H groups in total. The fraction of sp³-hybridized carbons (Fsp3) is 0.444. The van der Waals surface area contributed by atoms with Crippen molar-refractivity contribution in [3.8, 4) is 0 Å². The van der Waals surface area contributed by atoms with Gasteiger partial charge in [-0.3, -0.25) is 4.40 Å². The van der Waals surface area contributed by atoms with E-state index in [0.29, 0.717) is 5.92 Å². The second-order valence-electron chi connectivity index (χ2n) is 3.32. The fourth-order valence-corrected chi connectivity index (χ4v) is 2.42. The molecule has 2 aromatic heterocycles. The first kappa shape index (κ1) is 7.53. The SMILES string of the molecule is c1cn2cc(C3CCOC3)nc2s1. The predicted molar refractivity (Wildman–Crippen MR) is 51.2 cm³/mol. The number of fused-ring (bicyclic) bond motifs is 1. The Morgan fingerprint density at radius 2 is 2.62 bits per heavy atom. The monoisotopic (exact) mass is 194 g/mol. The van der Waals surface area contributed by atoms with Gasteiger partial charge in [0.05, 0.1) is 12.3 Å². The van der Waals surface area contributed by atoms with Crippen LogP contribution >= 0.6 is 11.3 Å². The van der Waals surface area contributed by atoms with E-state index in [0.717, 1.165) is 24.6 Å². The summed E-state index contributed by atoms with van der Waals surface area (Å²) < 4.78 is 7.42. The van der Waals surface area contributed by atoms with Crippen molar-refractivity contribution >= 4 is 16.3 Å². The normalized spacial score (nSPS) is 22.9. The van der Waals surface area contributed by atoms with Crippen LogP contribution in [0.25, 0.3) is 4.96 Å². The molecule has 0 aromatic carbocycles. The van der Waals surface area contributed by atoms with E-state index >= 15 is 0 Å². The maximum atomic E-state index is 5.34. The molecule has 0 spiro atoms. The number of hydrogen-bond donors (Lipinski definition) is 0. The van der Waals surface area contributed by atoms with Gasteiger partial charge in [0.25, 0.3) is 0 Å². The minimum Gasteiger partial charge on any atom is -0.381 e. The molecule has 68 valence electrons. The highest BCUT2D eigenvalue weighted by molar-refractivity contribution is 7.15. The van der Waals surface area contributed by atoms with Crippen LogP contribution < -0.4 is 0 Å². The molecule has 0 bridgehead atoms. The molecule has 1 aliphatic rings. The zero-order valence-corrected chi connectivity index (χ0v) is 7.96.